The number of hydrogen-bond acceptors (Lipinski definition) is 2. The third-order valence-electron chi connectivity index (χ3n) is 3.50. The van der Waals surface area contributed by atoms with Crippen molar-refractivity contribution in [3.05, 3.63) is 23.8 Å². The predicted octanol–water partition coefficient (Wildman–Crippen LogP) is -0.540. The molecule has 0 heterocycles. The van der Waals surface area contributed by atoms with Crippen molar-refractivity contribution < 1.29 is 16.9 Å². The molecule has 0 aliphatic heterocycles. The minimum atomic E-state index is 0. The number of nitrogens with zero attached hydrogens (tertiary/aromatic N) is 2. The third-order valence-corrected chi connectivity index (χ3v) is 3.50. The molecule has 0 aliphatic carbocycles. The summed E-state index contributed by atoms with van der Waals surface area (Å²) in [5, 5.41) is 0. The molecule has 3 nitrogen and oxygen atoms in total. The van der Waals surface area contributed by atoms with Gasteiger partial charge in [0.15, 0.2) is 6.17 Å². The zero-order valence-corrected chi connectivity index (χ0v) is 13.1. The van der Waals surface area contributed by atoms with Crippen molar-refractivity contribution in [3.8, 4) is 0 Å². The fourth-order valence-corrected chi connectivity index (χ4v) is 1.92. The van der Waals surface area contributed by atoms with Crippen LogP contribution >= 0.6 is 0 Å². The molecule has 1 rings (SSSR count). The number of hydrogen-bond donors (Lipinski definition) is 1. The Morgan fingerprint density at radius 1 is 1.28 bits per heavy atom. The van der Waals surface area contributed by atoms with E-state index in [2.05, 4.69) is 58.9 Å². The molecule has 18 heavy (non-hydrogen) atoms. The number of anilines is 2. The second-order valence-corrected chi connectivity index (χ2v) is 5.58. The molecule has 0 bridgehead atoms. The fraction of sp³-hybridized carbons (Fsp3) is 0.571. The number of halogens is 1. The Hall–Kier alpha value is -0.930. The minimum Gasteiger partial charge on any atom is -1.00 e. The standard InChI is InChI=1S/C14H26N3.ClH/c1-7-16(12(3)17(4,5)6)13-8-9-14(15)11(2)10-13;/h8-10,12H,7,15H2,1-6H3;1H/q+1;/p-1. The number of rotatable bonds is 4. The van der Waals surface area contributed by atoms with Gasteiger partial charge in [0.25, 0.3) is 0 Å². The summed E-state index contributed by atoms with van der Waals surface area (Å²) in [6, 6.07) is 6.28. The lowest BCUT2D eigenvalue weighted by atomic mass is 10.1. The first-order valence-electron chi connectivity index (χ1n) is 6.21. The zero-order valence-electron chi connectivity index (χ0n) is 12.4. The Labute approximate surface area is 118 Å². The van der Waals surface area contributed by atoms with E-state index in [1.807, 2.05) is 6.07 Å². The van der Waals surface area contributed by atoms with Crippen molar-refractivity contribution >= 4 is 11.4 Å². The monoisotopic (exact) mass is 271 g/mol. The summed E-state index contributed by atoms with van der Waals surface area (Å²) < 4.78 is 0.914. The van der Waals surface area contributed by atoms with E-state index in [1.54, 1.807) is 0 Å². The molecule has 1 atom stereocenters. The van der Waals surface area contributed by atoms with Crippen molar-refractivity contribution in [2.24, 2.45) is 0 Å². The minimum absolute atomic E-state index is 0. The van der Waals surface area contributed by atoms with Gasteiger partial charge in [-0.1, -0.05) is 0 Å². The summed E-state index contributed by atoms with van der Waals surface area (Å²) in [5.41, 5.74) is 9.13. The molecule has 2 N–H and O–H groups in total. The van der Waals surface area contributed by atoms with Crippen LogP contribution in [0, 0.1) is 6.92 Å². The molecule has 104 valence electrons. The lowest BCUT2D eigenvalue weighted by Crippen LogP contribution is -3.00. The SMILES string of the molecule is CCN(c1ccc(N)c(C)c1)C(C)[N+](C)(C)C.[Cl-]. The van der Waals surface area contributed by atoms with Crippen LogP contribution in [0.4, 0.5) is 11.4 Å². The van der Waals surface area contributed by atoms with E-state index in [0.717, 1.165) is 22.3 Å². The first kappa shape index (κ1) is 17.1. The van der Waals surface area contributed by atoms with Crippen molar-refractivity contribution in [2.45, 2.75) is 26.9 Å². The molecule has 0 aliphatic rings. The fourth-order valence-electron chi connectivity index (χ4n) is 1.92. The molecule has 0 amide bonds. The summed E-state index contributed by atoms with van der Waals surface area (Å²) in [6.45, 7) is 7.51. The summed E-state index contributed by atoms with van der Waals surface area (Å²) in [5.74, 6) is 0. The first-order valence-corrected chi connectivity index (χ1v) is 6.21. The molecule has 0 radical (unpaired) electrons. The molecule has 0 saturated heterocycles. The molecule has 0 fully saturated rings. The van der Waals surface area contributed by atoms with E-state index < -0.39 is 0 Å². The molecule has 4 heteroatoms. The van der Waals surface area contributed by atoms with E-state index in [0.29, 0.717) is 6.17 Å². The third kappa shape index (κ3) is 3.79. The van der Waals surface area contributed by atoms with Gasteiger partial charge in [-0.05, 0) is 37.6 Å². The molecule has 1 aromatic carbocycles. The van der Waals surface area contributed by atoms with Crippen LogP contribution in [0.1, 0.15) is 19.4 Å². The maximum absolute atomic E-state index is 5.87. The second kappa shape index (κ2) is 6.30. The van der Waals surface area contributed by atoms with Gasteiger partial charge in [-0.15, -0.1) is 0 Å². The Kier molecular flexibility index (Phi) is 5.97. The summed E-state index contributed by atoms with van der Waals surface area (Å²) in [6.07, 6.45) is 0.433. The van der Waals surface area contributed by atoms with Gasteiger partial charge in [0.2, 0.25) is 0 Å². The molecule has 0 saturated carbocycles. The topological polar surface area (TPSA) is 29.3 Å². The first-order chi connectivity index (χ1) is 7.77. The number of benzene rings is 1. The Morgan fingerprint density at radius 2 is 1.83 bits per heavy atom. The highest BCUT2D eigenvalue weighted by Gasteiger charge is 2.25. The Bertz CT molecular complexity index is 385. The van der Waals surface area contributed by atoms with Gasteiger partial charge in [0.1, 0.15) is 0 Å². The summed E-state index contributed by atoms with van der Waals surface area (Å²) in [7, 11) is 6.66. The average Bonchev–Trinajstić information content (AvgIpc) is 2.23. The normalized spacial score (nSPS) is 12.8. The molecular weight excluding hydrogens is 246 g/mol. The van der Waals surface area contributed by atoms with Crippen LogP contribution in [0.15, 0.2) is 18.2 Å². The van der Waals surface area contributed by atoms with Crippen molar-refractivity contribution in [1.29, 1.82) is 0 Å². The Balaban J connectivity index is 0.00000289. The molecule has 0 aromatic heterocycles. The van der Waals surface area contributed by atoms with Crippen molar-refractivity contribution in [1.82, 2.24) is 0 Å². The quantitative estimate of drug-likeness (QED) is 0.453. The van der Waals surface area contributed by atoms with Gasteiger partial charge in [0.05, 0.1) is 21.1 Å². The predicted molar refractivity (Wildman–Crippen MR) is 76.1 cm³/mol. The lowest BCUT2D eigenvalue weighted by Gasteiger charge is -2.40. The number of nitrogen functional groups attached to an aromatic ring is 1. The van der Waals surface area contributed by atoms with Crippen LogP contribution in [-0.4, -0.2) is 38.3 Å². The van der Waals surface area contributed by atoms with Crippen LogP contribution in [-0.2, 0) is 0 Å². The summed E-state index contributed by atoms with van der Waals surface area (Å²) >= 11 is 0. The van der Waals surface area contributed by atoms with Crippen molar-refractivity contribution in [2.75, 3.05) is 38.3 Å². The number of quaternary nitrogens is 1. The van der Waals surface area contributed by atoms with Crippen LogP contribution in [0.5, 0.6) is 0 Å². The van der Waals surface area contributed by atoms with E-state index in [9.17, 15) is 0 Å². The number of aryl methyl sites for hydroxylation is 1. The molecular formula is C14H26ClN3. The van der Waals surface area contributed by atoms with Crippen LogP contribution in [0.2, 0.25) is 0 Å². The molecule has 1 aromatic rings. The van der Waals surface area contributed by atoms with E-state index >= 15 is 0 Å². The van der Waals surface area contributed by atoms with E-state index in [-0.39, 0.29) is 12.4 Å². The van der Waals surface area contributed by atoms with Gasteiger partial charge in [-0.25, -0.2) is 0 Å². The van der Waals surface area contributed by atoms with Gasteiger partial charge in [-0.3, -0.25) is 0 Å². The molecule has 1 unspecified atom stereocenters. The van der Waals surface area contributed by atoms with E-state index in [4.69, 9.17) is 5.73 Å². The Morgan fingerprint density at radius 3 is 2.22 bits per heavy atom. The zero-order chi connectivity index (χ0) is 13.2. The average molecular weight is 272 g/mol. The highest BCUT2D eigenvalue weighted by molar-refractivity contribution is 5.58. The maximum Gasteiger partial charge on any atom is 0.161 e. The van der Waals surface area contributed by atoms with E-state index in [1.165, 1.54) is 5.69 Å². The maximum atomic E-state index is 5.87. The van der Waals surface area contributed by atoms with Gasteiger partial charge in [0, 0.05) is 24.8 Å². The smallest absolute Gasteiger partial charge is 0.161 e. The number of nitrogens with two attached hydrogens (primary N) is 1. The summed E-state index contributed by atoms with van der Waals surface area (Å²) in [4.78, 5) is 2.41. The largest absolute Gasteiger partial charge is 1.00 e. The highest BCUT2D eigenvalue weighted by atomic mass is 35.5. The van der Waals surface area contributed by atoms with Crippen LogP contribution in [0.25, 0.3) is 0 Å². The van der Waals surface area contributed by atoms with Crippen molar-refractivity contribution in [3.63, 3.8) is 0 Å². The van der Waals surface area contributed by atoms with Gasteiger partial charge >= 0.3 is 0 Å². The van der Waals surface area contributed by atoms with Crippen LogP contribution in [0.3, 0.4) is 0 Å². The second-order valence-electron chi connectivity index (χ2n) is 5.58. The highest BCUT2D eigenvalue weighted by Crippen LogP contribution is 2.24. The van der Waals surface area contributed by atoms with Crippen LogP contribution < -0.4 is 23.0 Å². The van der Waals surface area contributed by atoms with Gasteiger partial charge < -0.3 is 27.5 Å². The lowest BCUT2D eigenvalue weighted by molar-refractivity contribution is -0.893. The molecule has 0 spiro atoms. The van der Waals surface area contributed by atoms with Gasteiger partial charge in [-0.2, -0.15) is 0 Å².